The van der Waals surface area contributed by atoms with E-state index < -0.39 is 0 Å². The maximum Gasteiger partial charge on any atom is 0.0674 e. The highest BCUT2D eigenvalue weighted by Gasteiger charge is 2.19. The van der Waals surface area contributed by atoms with E-state index in [1.165, 1.54) is 20.5 Å². The molecule has 0 radical (unpaired) electrons. The van der Waals surface area contributed by atoms with Crippen LogP contribution < -0.4 is 5.73 Å². The Labute approximate surface area is 118 Å². The van der Waals surface area contributed by atoms with Crippen LogP contribution in [0.4, 0.5) is 0 Å². The Morgan fingerprint density at radius 3 is 3.05 bits per heavy atom. The Hall–Kier alpha value is -0.940. The second-order valence-corrected chi connectivity index (χ2v) is 6.26. The van der Waals surface area contributed by atoms with E-state index in [4.69, 9.17) is 10.5 Å². The van der Waals surface area contributed by atoms with Gasteiger partial charge in [-0.3, -0.25) is 4.90 Å². The zero-order chi connectivity index (χ0) is 13.2. The van der Waals surface area contributed by atoms with Crippen LogP contribution in [-0.4, -0.2) is 30.7 Å². The lowest BCUT2D eigenvalue weighted by atomic mass is 10.1. The summed E-state index contributed by atoms with van der Waals surface area (Å²) in [6, 6.07) is 8.61. The minimum absolute atomic E-state index is 0.333. The summed E-state index contributed by atoms with van der Waals surface area (Å²) in [5, 5.41) is 1.37. The van der Waals surface area contributed by atoms with Crippen molar-refractivity contribution in [3.63, 3.8) is 0 Å². The molecule has 0 saturated carbocycles. The fourth-order valence-electron chi connectivity index (χ4n) is 2.75. The molecule has 1 unspecified atom stereocenters. The van der Waals surface area contributed by atoms with Crippen LogP contribution in [-0.2, 0) is 17.8 Å². The molecule has 19 heavy (non-hydrogen) atoms. The fourth-order valence-corrected chi connectivity index (χ4v) is 3.84. The standard InChI is InChI=1S/C15H20N2OS/c1-11-9-17(6-7-18-11)10-13-12-4-2-3-5-14(12)19-15(13)8-16/h2-5,11H,6-10,16H2,1H3. The van der Waals surface area contributed by atoms with Crippen molar-refractivity contribution in [2.45, 2.75) is 26.1 Å². The normalized spacial score (nSPS) is 21.1. The first-order chi connectivity index (χ1) is 9.28. The molecule has 1 aromatic heterocycles. The Bertz CT molecular complexity index is 566. The van der Waals surface area contributed by atoms with Crippen LogP contribution in [0.15, 0.2) is 24.3 Å². The SMILES string of the molecule is CC1CN(Cc2c(CN)sc3ccccc23)CCO1. The van der Waals surface area contributed by atoms with Crippen molar-refractivity contribution in [2.24, 2.45) is 5.73 Å². The topological polar surface area (TPSA) is 38.5 Å². The maximum absolute atomic E-state index is 5.91. The molecule has 1 saturated heterocycles. The molecule has 102 valence electrons. The molecule has 1 atom stereocenters. The smallest absolute Gasteiger partial charge is 0.0674 e. The third kappa shape index (κ3) is 2.67. The largest absolute Gasteiger partial charge is 0.376 e. The van der Waals surface area contributed by atoms with E-state index in [9.17, 15) is 0 Å². The Kier molecular flexibility index (Phi) is 3.84. The number of benzene rings is 1. The second kappa shape index (κ2) is 5.59. The zero-order valence-electron chi connectivity index (χ0n) is 11.3. The molecule has 1 fully saturated rings. The number of fused-ring (bicyclic) bond motifs is 1. The van der Waals surface area contributed by atoms with Gasteiger partial charge in [0.05, 0.1) is 12.7 Å². The first-order valence-corrected chi connectivity index (χ1v) is 7.63. The molecule has 2 heterocycles. The maximum atomic E-state index is 5.91. The first-order valence-electron chi connectivity index (χ1n) is 6.81. The lowest BCUT2D eigenvalue weighted by Crippen LogP contribution is -2.40. The van der Waals surface area contributed by atoms with Gasteiger partial charge in [-0.05, 0) is 23.9 Å². The van der Waals surface area contributed by atoms with Gasteiger partial charge in [-0.15, -0.1) is 11.3 Å². The highest BCUT2D eigenvalue weighted by molar-refractivity contribution is 7.19. The molecule has 0 aliphatic carbocycles. The summed E-state index contributed by atoms with van der Waals surface area (Å²) < 4.78 is 6.95. The molecular formula is C15H20N2OS. The van der Waals surface area contributed by atoms with Gasteiger partial charge in [0.1, 0.15) is 0 Å². The van der Waals surface area contributed by atoms with Crippen LogP contribution >= 0.6 is 11.3 Å². The van der Waals surface area contributed by atoms with Crippen LogP contribution in [0, 0.1) is 0 Å². The third-order valence-corrected chi connectivity index (χ3v) is 4.91. The number of morpholine rings is 1. The molecule has 1 aliphatic rings. The quantitative estimate of drug-likeness (QED) is 0.936. The first kappa shape index (κ1) is 13.1. The van der Waals surface area contributed by atoms with Crippen molar-refractivity contribution in [3.8, 4) is 0 Å². The van der Waals surface area contributed by atoms with Gasteiger partial charge in [0, 0.05) is 35.8 Å². The third-order valence-electron chi connectivity index (χ3n) is 3.67. The minimum atomic E-state index is 0.333. The van der Waals surface area contributed by atoms with E-state index >= 15 is 0 Å². The summed E-state index contributed by atoms with van der Waals surface area (Å²) in [4.78, 5) is 3.79. The van der Waals surface area contributed by atoms with E-state index in [0.717, 1.165) is 26.2 Å². The van der Waals surface area contributed by atoms with E-state index in [-0.39, 0.29) is 0 Å². The van der Waals surface area contributed by atoms with Gasteiger partial charge in [0.2, 0.25) is 0 Å². The average Bonchev–Trinajstić information content (AvgIpc) is 2.77. The number of thiophene rings is 1. The molecule has 2 N–H and O–H groups in total. The van der Waals surface area contributed by atoms with Crippen LogP contribution in [0.5, 0.6) is 0 Å². The van der Waals surface area contributed by atoms with Gasteiger partial charge in [-0.2, -0.15) is 0 Å². The Morgan fingerprint density at radius 1 is 1.42 bits per heavy atom. The number of ether oxygens (including phenoxy) is 1. The van der Waals surface area contributed by atoms with Crippen molar-refractivity contribution in [1.82, 2.24) is 4.90 Å². The summed E-state index contributed by atoms with van der Waals surface area (Å²) in [7, 11) is 0. The van der Waals surface area contributed by atoms with Gasteiger partial charge in [0.25, 0.3) is 0 Å². The zero-order valence-corrected chi connectivity index (χ0v) is 12.1. The molecule has 0 amide bonds. The number of nitrogens with zero attached hydrogens (tertiary/aromatic N) is 1. The number of rotatable bonds is 3. The van der Waals surface area contributed by atoms with Gasteiger partial charge in [-0.25, -0.2) is 0 Å². The molecule has 3 nitrogen and oxygen atoms in total. The highest BCUT2D eigenvalue weighted by atomic mass is 32.1. The van der Waals surface area contributed by atoms with Crippen molar-refractivity contribution >= 4 is 21.4 Å². The second-order valence-electron chi connectivity index (χ2n) is 5.12. The van der Waals surface area contributed by atoms with Crippen molar-refractivity contribution < 1.29 is 4.74 Å². The lowest BCUT2D eigenvalue weighted by Gasteiger charge is -2.31. The predicted octanol–water partition coefficient (Wildman–Crippen LogP) is 2.58. The Balaban J connectivity index is 1.90. The van der Waals surface area contributed by atoms with E-state index in [0.29, 0.717) is 12.6 Å². The van der Waals surface area contributed by atoms with Crippen molar-refractivity contribution in [3.05, 3.63) is 34.7 Å². The number of hydrogen-bond acceptors (Lipinski definition) is 4. The highest BCUT2D eigenvalue weighted by Crippen LogP contribution is 2.32. The van der Waals surface area contributed by atoms with Gasteiger partial charge in [0.15, 0.2) is 0 Å². The van der Waals surface area contributed by atoms with Crippen molar-refractivity contribution in [2.75, 3.05) is 19.7 Å². The summed E-state index contributed by atoms with van der Waals surface area (Å²) in [5.41, 5.74) is 7.33. The predicted molar refractivity (Wildman–Crippen MR) is 80.4 cm³/mol. The average molecular weight is 276 g/mol. The van der Waals surface area contributed by atoms with Gasteiger partial charge >= 0.3 is 0 Å². The molecule has 1 aromatic carbocycles. The van der Waals surface area contributed by atoms with Crippen molar-refractivity contribution in [1.29, 1.82) is 0 Å². The van der Waals surface area contributed by atoms with Crippen LogP contribution in [0.25, 0.3) is 10.1 Å². The molecule has 3 rings (SSSR count). The minimum Gasteiger partial charge on any atom is -0.376 e. The Morgan fingerprint density at radius 2 is 2.26 bits per heavy atom. The molecule has 1 aliphatic heterocycles. The monoisotopic (exact) mass is 276 g/mol. The van der Waals surface area contributed by atoms with Crippen LogP contribution in [0.3, 0.4) is 0 Å². The van der Waals surface area contributed by atoms with Gasteiger partial charge in [-0.1, -0.05) is 18.2 Å². The molecule has 4 heteroatoms. The van der Waals surface area contributed by atoms with Crippen LogP contribution in [0.2, 0.25) is 0 Å². The number of hydrogen-bond donors (Lipinski definition) is 1. The summed E-state index contributed by atoms with van der Waals surface area (Å²) in [6.07, 6.45) is 0.333. The summed E-state index contributed by atoms with van der Waals surface area (Å²) in [5.74, 6) is 0. The van der Waals surface area contributed by atoms with E-state index in [2.05, 4.69) is 36.1 Å². The summed E-state index contributed by atoms with van der Waals surface area (Å²) >= 11 is 1.83. The van der Waals surface area contributed by atoms with Gasteiger partial charge < -0.3 is 10.5 Å². The number of nitrogens with two attached hydrogens (primary N) is 1. The van der Waals surface area contributed by atoms with Crippen LogP contribution in [0.1, 0.15) is 17.4 Å². The fraction of sp³-hybridized carbons (Fsp3) is 0.467. The lowest BCUT2D eigenvalue weighted by molar-refractivity contribution is -0.0211. The molecule has 0 bridgehead atoms. The van der Waals surface area contributed by atoms with E-state index in [1.807, 2.05) is 11.3 Å². The molecule has 0 spiro atoms. The summed E-state index contributed by atoms with van der Waals surface area (Å²) in [6.45, 7) is 6.62. The molecule has 2 aromatic rings. The van der Waals surface area contributed by atoms with E-state index in [1.54, 1.807) is 0 Å². The molecular weight excluding hydrogens is 256 g/mol.